The molecule has 148 valence electrons. The third-order valence-electron chi connectivity index (χ3n) is 4.98. The molecule has 3 rings (SSSR count). The number of benzene rings is 2. The van der Waals surface area contributed by atoms with Gasteiger partial charge in [0.15, 0.2) is 0 Å². The lowest BCUT2D eigenvalue weighted by Gasteiger charge is -2.36. The van der Waals surface area contributed by atoms with Crippen LogP contribution in [-0.4, -0.2) is 49.4 Å². The molecule has 2 N–H and O–H groups in total. The van der Waals surface area contributed by atoms with Crippen LogP contribution in [0.2, 0.25) is 0 Å². The van der Waals surface area contributed by atoms with Crippen molar-refractivity contribution in [2.24, 2.45) is 0 Å². The lowest BCUT2D eigenvalue weighted by Crippen LogP contribution is -2.46. The molecule has 0 atom stereocenters. The highest BCUT2D eigenvalue weighted by molar-refractivity contribution is 5.95. The number of likely N-dealkylation sites (N-methyl/N-ethyl adjacent to an activating group) is 1. The second-order valence-corrected chi connectivity index (χ2v) is 7.04. The Labute approximate surface area is 166 Å². The van der Waals surface area contributed by atoms with Gasteiger partial charge in [0.25, 0.3) is 0 Å². The summed E-state index contributed by atoms with van der Waals surface area (Å²) in [5, 5.41) is 5.79. The average molecular weight is 380 g/mol. The summed E-state index contributed by atoms with van der Waals surface area (Å²) in [6.45, 7) is 8.75. The minimum atomic E-state index is -0.109. The standard InChI is InChI=1S/C22H28N4O2/c1-3-25-12-14-26(15-13-25)21-7-5-4-6-20(21)24-22(28)16-18-8-10-19(11-9-18)23-17(2)27/h4-11H,3,12-16H2,1-2H3,(H,23,27)(H,24,28). The highest BCUT2D eigenvalue weighted by atomic mass is 16.2. The lowest BCUT2D eigenvalue weighted by molar-refractivity contribution is -0.116. The third kappa shape index (κ3) is 5.33. The second kappa shape index (κ2) is 9.37. The van der Waals surface area contributed by atoms with Crippen LogP contribution in [-0.2, 0) is 16.0 Å². The zero-order chi connectivity index (χ0) is 19.9. The molecule has 1 aliphatic heterocycles. The first-order chi connectivity index (χ1) is 13.5. The Kier molecular flexibility index (Phi) is 6.66. The van der Waals surface area contributed by atoms with Crippen molar-refractivity contribution in [1.29, 1.82) is 0 Å². The molecule has 2 aromatic rings. The fourth-order valence-electron chi connectivity index (χ4n) is 3.45. The van der Waals surface area contributed by atoms with E-state index in [9.17, 15) is 9.59 Å². The van der Waals surface area contributed by atoms with Crippen LogP contribution in [0.5, 0.6) is 0 Å². The van der Waals surface area contributed by atoms with Gasteiger partial charge in [-0.3, -0.25) is 9.59 Å². The molecule has 0 aromatic heterocycles. The Bertz CT molecular complexity index is 812. The van der Waals surface area contributed by atoms with E-state index in [1.54, 1.807) is 0 Å². The van der Waals surface area contributed by atoms with Crippen molar-refractivity contribution in [1.82, 2.24) is 4.90 Å². The van der Waals surface area contributed by atoms with E-state index in [2.05, 4.69) is 33.4 Å². The first kappa shape index (κ1) is 19.9. The molecule has 0 aliphatic carbocycles. The van der Waals surface area contributed by atoms with Gasteiger partial charge < -0.3 is 20.4 Å². The lowest BCUT2D eigenvalue weighted by atomic mass is 10.1. The molecule has 0 bridgehead atoms. The van der Waals surface area contributed by atoms with Crippen molar-refractivity contribution in [2.45, 2.75) is 20.3 Å². The number of anilines is 3. The quantitative estimate of drug-likeness (QED) is 0.809. The average Bonchev–Trinajstić information content (AvgIpc) is 2.69. The molecule has 0 spiro atoms. The molecule has 6 nitrogen and oxygen atoms in total. The molecule has 2 aromatic carbocycles. The first-order valence-corrected chi connectivity index (χ1v) is 9.78. The largest absolute Gasteiger partial charge is 0.367 e. The summed E-state index contributed by atoms with van der Waals surface area (Å²) in [5.41, 5.74) is 3.56. The highest BCUT2D eigenvalue weighted by Gasteiger charge is 2.18. The van der Waals surface area contributed by atoms with E-state index in [0.717, 1.165) is 55.3 Å². The minimum absolute atomic E-state index is 0.0491. The summed E-state index contributed by atoms with van der Waals surface area (Å²) in [7, 11) is 0. The zero-order valence-electron chi connectivity index (χ0n) is 16.6. The number of nitrogens with one attached hydrogen (secondary N) is 2. The summed E-state index contributed by atoms with van der Waals surface area (Å²) in [5.74, 6) is -0.159. The monoisotopic (exact) mass is 380 g/mol. The molecular weight excluding hydrogens is 352 g/mol. The molecule has 28 heavy (non-hydrogen) atoms. The summed E-state index contributed by atoms with van der Waals surface area (Å²) >= 11 is 0. The Morgan fingerprint density at radius 1 is 0.929 bits per heavy atom. The summed E-state index contributed by atoms with van der Waals surface area (Å²) in [6, 6.07) is 15.3. The van der Waals surface area contributed by atoms with Crippen molar-refractivity contribution >= 4 is 28.9 Å². The van der Waals surface area contributed by atoms with Crippen LogP contribution in [0.3, 0.4) is 0 Å². The Morgan fingerprint density at radius 3 is 2.25 bits per heavy atom. The van der Waals surface area contributed by atoms with E-state index in [1.165, 1.54) is 6.92 Å². The van der Waals surface area contributed by atoms with Gasteiger partial charge in [0.05, 0.1) is 17.8 Å². The molecule has 0 radical (unpaired) electrons. The number of carbonyl (C=O) groups is 2. The van der Waals surface area contributed by atoms with E-state index >= 15 is 0 Å². The van der Waals surface area contributed by atoms with Gasteiger partial charge in [-0.15, -0.1) is 0 Å². The van der Waals surface area contributed by atoms with Crippen molar-refractivity contribution in [3.63, 3.8) is 0 Å². The van der Waals surface area contributed by atoms with Gasteiger partial charge in [0.2, 0.25) is 11.8 Å². The predicted octanol–water partition coefficient (Wildman–Crippen LogP) is 2.97. The SMILES string of the molecule is CCN1CCN(c2ccccc2NC(=O)Cc2ccc(NC(C)=O)cc2)CC1. The number of nitrogens with zero attached hydrogens (tertiary/aromatic N) is 2. The predicted molar refractivity (Wildman–Crippen MR) is 114 cm³/mol. The van der Waals surface area contributed by atoms with Crippen LogP contribution in [0.1, 0.15) is 19.4 Å². The molecule has 0 unspecified atom stereocenters. The van der Waals surface area contributed by atoms with E-state index in [4.69, 9.17) is 0 Å². The van der Waals surface area contributed by atoms with Gasteiger partial charge in [-0.05, 0) is 36.4 Å². The van der Waals surface area contributed by atoms with E-state index < -0.39 is 0 Å². The fraction of sp³-hybridized carbons (Fsp3) is 0.364. The van der Waals surface area contributed by atoms with Gasteiger partial charge in [-0.2, -0.15) is 0 Å². The zero-order valence-corrected chi connectivity index (χ0v) is 16.6. The number of hydrogen-bond donors (Lipinski definition) is 2. The van der Waals surface area contributed by atoms with E-state index in [0.29, 0.717) is 0 Å². The molecule has 0 saturated carbocycles. The van der Waals surface area contributed by atoms with E-state index in [-0.39, 0.29) is 18.2 Å². The number of rotatable bonds is 6. The van der Waals surface area contributed by atoms with Crippen molar-refractivity contribution in [3.8, 4) is 0 Å². The molecule has 2 amide bonds. The molecule has 1 fully saturated rings. The molecule has 1 heterocycles. The van der Waals surface area contributed by atoms with Crippen LogP contribution in [0, 0.1) is 0 Å². The van der Waals surface area contributed by atoms with Crippen LogP contribution < -0.4 is 15.5 Å². The van der Waals surface area contributed by atoms with Crippen molar-refractivity contribution in [3.05, 3.63) is 54.1 Å². The number of hydrogen-bond acceptors (Lipinski definition) is 4. The van der Waals surface area contributed by atoms with E-state index in [1.807, 2.05) is 42.5 Å². The van der Waals surface area contributed by atoms with Gasteiger partial charge in [-0.1, -0.05) is 31.2 Å². The van der Waals surface area contributed by atoms with Gasteiger partial charge in [0, 0.05) is 38.8 Å². The summed E-state index contributed by atoms with van der Waals surface area (Å²) < 4.78 is 0. The van der Waals surface area contributed by atoms with Gasteiger partial charge >= 0.3 is 0 Å². The maximum Gasteiger partial charge on any atom is 0.228 e. The first-order valence-electron chi connectivity index (χ1n) is 9.78. The minimum Gasteiger partial charge on any atom is -0.367 e. The maximum absolute atomic E-state index is 12.6. The number of piperazine rings is 1. The van der Waals surface area contributed by atoms with Crippen LogP contribution >= 0.6 is 0 Å². The topological polar surface area (TPSA) is 64.7 Å². The summed E-state index contributed by atoms with van der Waals surface area (Å²) in [4.78, 5) is 28.4. The Morgan fingerprint density at radius 2 is 1.61 bits per heavy atom. The van der Waals surface area contributed by atoms with Crippen molar-refractivity contribution < 1.29 is 9.59 Å². The van der Waals surface area contributed by atoms with Gasteiger partial charge in [0.1, 0.15) is 0 Å². The number of carbonyl (C=O) groups excluding carboxylic acids is 2. The normalized spacial score (nSPS) is 14.6. The molecular formula is C22H28N4O2. The third-order valence-corrected chi connectivity index (χ3v) is 4.98. The Hall–Kier alpha value is -2.86. The fourth-order valence-corrected chi connectivity index (χ4v) is 3.45. The smallest absolute Gasteiger partial charge is 0.228 e. The summed E-state index contributed by atoms with van der Waals surface area (Å²) in [6.07, 6.45) is 0.290. The molecule has 1 aliphatic rings. The maximum atomic E-state index is 12.6. The van der Waals surface area contributed by atoms with Crippen LogP contribution in [0.15, 0.2) is 48.5 Å². The Balaban J connectivity index is 1.62. The second-order valence-electron chi connectivity index (χ2n) is 7.04. The van der Waals surface area contributed by atoms with Crippen LogP contribution in [0.4, 0.5) is 17.1 Å². The highest BCUT2D eigenvalue weighted by Crippen LogP contribution is 2.27. The van der Waals surface area contributed by atoms with Gasteiger partial charge in [-0.25, -0.2) is 0 Å². The van der Waals surface area contributed by atoms with Crippen molar-refractivity contribution in [2.75, 3.05) is 48.3 Å². The van der Waals surface area contributed by atoms with Crippen LogP contribution in [0.25, 0.3) is 0 Å². The molecule has 6 heteroatoms. The number of amides is 2. The molecule has 1 saturated heterocycles. The number of para-hydroxylation sites is 2.